The Morgan fingerprint density at radius 3 is 2.19 bits per heavy atom. The lowest BCUT2D eigenvalue weighted by molar-refractivity contribution is 0.205. The first-order chi connectivity index (χ1) is 7.61. The molecule has 0 aromatic rings. The predicted molar refractivity (Wildman–Crippen MR) is 67.3 cm³/mol. The van der Waals surface area contributed by atoms with E-state index in [2.05, 4.69) is 0 Å². The number of rotatable bonds is 1. The standard InChI is InChI=1S/C7H14O2Si.C5H8O/c1-10(2,8)7-5-3-4-6-9-7;1-2-4-6-5-3-1/h5,8H,3-4,6H2,1-2H3;2,4H,1,3,5H2. The maximum Gasteiger partial charge on any atom is 0.253 e. The second-order valence-electron chi connectivity index (χ2n) is 4.50. The van der Waals surface area contributed by atoms with Gasteiger partial charge in [0.1, 0.15) is 5.38 Å². The average molecular weight is 242 g/mol. The summed E-state index contributed by atoms with van der Waals surface area (Å²) in [7, 11) is -2.12. The third kappa shape index (κ3) is 5.37. The largest absolute Gasteiger partial charge is 0.502 e. The molecule has 0 aromatic heterocycles. The quantitative estimate of drug-likeness (QED) is 0.719. The minimum atomic E-state index is -2.12. The van der Waals surface area contributed by atoms with Gasteiger partial charge < -0.3 is 14.3 Å². The summed E-state index contributed by atoms with van der Waals surface area (Å²) in [6.07, 6.45) is 10.4. The molecular weight excluding hydrogens is 220 g/mol. The Morgan fingerprint density at radius 2 is 1.94 bits per heavy atom. The molecule has 0 bridgehead atoms. The van der Waals surface area contributed by atoms with E-state index in [9.17, 15) is 4.80 Å². The summed E-state index contributed by atoms with van der Waals surface area (Å²) < 4.78 is 10.2. The zero-order valence-electron chi connectivity index (χ0n) is 10.2. The number of allylic oxidation sites excluding steroid dienone is 2. The minimum absolute atomic E-state index is 0.781. The summed E-state index contributed by atoms with van der Waals surface area (Å²) >= 11 is 0. The third-order valence-corrected chi connectivity index (χ3v) is 3.92. The van der Waals surface area contributed by atoms with Crippen molar-refractivity contribution in [3.05, 3.63) is 23.8 Å². The Hall–Kier alpha value is -0.743. The van der Waals surface area contributed by atoms with Gasteiger partial charge in [-0.25, -0.2) is 0 Å². The molecule has 0 spiro atoms. The molecule has 3 nitrogen and oxygen atoms in total. The molecule has 16 heavy (non-hydrogen) atoms. The molecule has 1 N–H and O–H groups in total. The van der Waals surface area contributed by atoms with Gasteiger partial charge in [0, 0.05) is 0 Å². The van der Waals surface area contributed by atoms with Crippen molar-refractivity contribution in [1.29, 1.82) is 0 Å². The molecular formula is C12H22O3Si. The highest BCUT2D eigenvalue weighted by molar-refractivity contribution is 6.76. The van der Waals surface area contributed by atoms with Gasteiger partial charge in [0.05, 0.1) is 19.5 Å². The maximum atomic E-state index is 9.59. The molecule has 0 aromatic carbocycles. The van der Waals surface area contributed by atoms with E-state index in [1.165, 1.54) is 12.8 Å². The molecule has 0 radical (unpaired) electrons. The molecule has 2 heterocycles. The van der Waals surface area contributed by atoms with Gasteiger partial charge in [0.15, 0.2) is 0 Å². The Balaban J connectivity index is 0.000000181. The zero-order valence-corrected chi connectivity index (χ0v) is 11.2. The SMILES string of the molecule is C1=COCCC1.C[Si](C)(O)C1=CCCCO1. The van der Waals surface area contributed by atoms with Crippen LogP contribution in [0.5, 0.6) is 0 Å². The second-order valence-corrected chi connectivity index (χ2v) is 8.11. The van der Waals surface area contributed by atoms with Crippen LogP contribution in [0.25, 0.3) is 0 Å². The Labute approximate surface area is 98.9 Å². The van der Waals surface area contributed by atoms with Gasteiger partial charge >= 0.3 is 0 Å². The first kappa shape index (κ1) is 13.3. The van der Waals surface area contributed by atoms with Crippen LogP contribution in [0.15, 0.2) is 23.8 Å². The smallest absolute Gasteiger partial charge is 0.253 e. The molecule has 0 aliphatic carbocycles. The molecule has 0 unspecified atom stereocenters. The highest BCUT2D eigenvalue weighted by atomic mass is 28.4. The van der Waals surface area contributed by atoms with Gasteiger partial charge in [-0.15, -0.1) is 0 Å². The summed E-state index contributed by atoms with van der Waals surface area (Å²) in [5.74, 6) is 0. The van der Waals surface area contributed by atoms with Gasteiger partial charge in [-0.2, -0.15) is 0 Å². The van der Waals surface area contributed by atoms with E-state index in [1.54, 1.807) is 6.26 Å². The average Bonchev–Trinajstić information content (AvgIpc) is 2.32. The summed E-state index contributed by atoms with van der Waals surface area (Å²) in [4.78, 5) is 9.59. The highest BCUT2D eigenvalue weighted by Gasteiger charge is 2.26. The molecule has 2 aliphatic rings. The van der Waals surface area contributed by atoms with Crippen LogP contribution in [-0.2, 0) is 9.47 Å². The molecule has 92 valence electrons. The van der Waals surface area contributed by atoms with Crippen molar-refractivity contribution < 1.29 is 14.3 Å². The van der Waals surface area contributed by atoms with Crippen LogP contribution in [0.3, 0.4) is 0 Å². The van der Waals surface area contributed by atoms with E-state index in [4.69, 9.17) is 9.47 Å². The monoisotopic (exact) mass is 242 g/mol. The van der Waals surface area contributed by atoms with Gasteiger partial charge in [0.25, 0.3) is 8.32 Å². The van der Waals surface area contributed by atoms with Gasteiger partial charge in [0.2, 0.25) is 0 Å². The molecule has 0 fully saturated rings. The fraction of sp³-hybridized carbons (Fsp3) is 0.667. The molecule has 0 saturated carbocycles. The van der Waals surface area contributed by atoms with E-state index in [-0.39, 0.29) is 0 Å². The first-order valence-electron chi connectivity index (χ1n) is 5.93. The van der Waals surface area contributed by atoms with E-state index in [0.717, 1.165) is 31.4 Å². The lowest BCUT2D eigenvalue weighted by Gasteiger charge is -2.22. The summed E-state index contributed by atoms with van der Waals surface area (Å²) in [5, 5.41) is 0.860. The van der Waals surface area contributed by atoms with E-state index < -0.39 is 8.32 Å². The van der Waals surface area contributed by atoms with Crippen molar-refractivity contribution in [2.24, 2.45) is 0 Å². The second kappa shape index (κ2) is 6.76. The molecule has 0 saturated heterocycles. The minimum Gasteiger partial charge on any atom is -0.502 e. The van der Waals surface area contributed by atoms with Crippen molar-refractivity contribution >= 4 is 8.32 Å². The van der Waals surface area contributed by atoms with Gasteiger partial charge in [-0.05, 0) is 50.9 Å². The Bertz CT molecular complexity index is 245. The highest BCUT2D eigenvalue weighted by Crippen LogP contribution is 2.18. The molecule has 0 amide bonds. The normalized spacial score (nSPS) is 19.8. The summed E-state index contributed by atoms with van der Waals surface area (Å²) in [6, 6.07) is 0. The third-order valence-electron chi connectivity index (χ3n) is 2.36. The van der Waals surface area contributed by atoms with Gasteiger partial charge in [-0.3, -0.25) is 0 Å². The van der Waals surface area contributed by atoms with Crippen molar-refractivity contribution in [2.45, 2.75) is 38.8 Å². The van der Waals surface area contributed by atoms with Crippen LogP contribution in [0.1, 0.15) is 25.7 Å². The maximum absolute atomic E-state index is 9.59. The summed E-state index contributed by atoms with van der Waals surface area (Å²) in [5.41, 5.74) is 0. The molecule has 2 aliphatic heterocycles. The van der Waals surface area contributed by atoms with Crippen LogP contribution in [0, 0.1) is 0 Å². The van der Waals surface area contributed by atoms with Crippen LogP contribution in [0.2, 0.25) is 13.1 Å². The Kier molecular flexibility index (Phi) is 5.63. The van der Waals surface area contributed by atoms with Crippen LogP contribution in [-0.4, -0.2) is 26.3 Å². The topological polar surface area (TPSA) is 38.7 Å². The Morgan fingerprint density at radius 1 is 1.19 bits per heavy atom. The number of hydrogen-bond acceptors (Lipinski definition) is 3. The molecule has 4 heteroatoms. The van der Waals surface area contributed by atoms with Crippen molar-refractivity contribution in [2.75, 3.05) is 13.2 Å². The fourth-order valence-electron chi connectivity index (χ4n) is 1.47. The first-order valence-corrected chi connectivity index (χ1v) is 8.88. The van der Waals surface area contributed by atoms with E-state index >= 15 is 0 Å². The van der Waals surface area contributed by atoms with Crippen LogP contribution >= 0.6 is 0 Å². The van der Waals surface area contributed by atoms with Crippen molar-refractivity contribution in [3.8, 4) is 0 Å². The van der Waals surface area contributed by atoms with Gasteiger partial charge in [-0.1, -0.05) is 0 Å². The summed E-state index contributed by atoms with van der Waals surface area (Å²) in [6.45, 7) is 5.45. The predicted octanol–water partition coefficient (Wildman–Crippen LogP) is 2.73. The van der Waals surface area contributed by atoms with Crippen LogP contribution in [0.4, 0.5) is 0 Å². The van der Waals surface area contributed by atoms with E-state index in [1.807, 2.05) is 25.2 Å². The van der Waals surface area contributed by atoms with Crippen molar-refractivity contribution in [3.63, 3.8) is 0 Å². The lowest BCUT2D eigenvalue weighted by Crippen LogP contribution is -2.31. The van der Waals surface area contributed by atoms with E-state index in [0.29, 0.717) is 0 Å². The molecule has 2 rings (SSSR count). The lowest BCUT2D eigenvalue weighted by atomic mass is 10.3. The fourth-order valence-corrected chi connectivity index (χ4v) is 2.57. The van der Waals surface area contributed by atoms with Crippen molar-refractivity contribution in [1.82, 2.24) is 0 Å². The number of hydrogen-bond donors (Lipinski definition) is 1. The molecule has 0 atom stereocenters. The number of ether oxygens (including phenoxy) is 2. The zero-order chi connectivity index (χ0) is 11.9. The van der Waals surface area contributed by atoms with Crippen LogP contribution < -0.4 is 0 Å².